The highest BCUT2D eigenvalue weighted by Crippen LogP contribution is 2.26. The standard InChI is InChI=1S/C26H29N5O/c1-18(17-30-12-9-21(10-13-30)23-7-5-4-6-19(23)2)14-24-20(3)28-11-8-25(24)31-26(32)15-22(27)16-29-31/h4-9,11,14-16H,10,12-13,17,27H2,1-3H3/b18-14+. The second-order valence-corrected chi connectivity index (χ2v) is 8.39. The van der Waals surface area contributed by atoms with Gasteiger partial charge in [0.2, 0.25) is 0 Å². The van der Waals surface area contributed by atoms with Gasteiger partial charge in [0.25, 0.3) is 5.56 Å². The van der Waals surface area contributed by atoms with Gasteiger partial charge >= 0.3 is 0 Å². The van der Waals surface area contributed by atoms with Crippen molar-refractivity contribution in [3.8, 4) is 5.69 Å². The lowest BCUT2D eigenvalue weighted by Crippen LogP contribution is -2.30. The van der Waals surface area contributed by atoms with E-state index in [0.717, 1.165) is 37.3 Å². The number of aryl methyl sites for hydroxylation is 2. The molecule has 0 unspecified atom stereocenters. The highest BCUT2D eigenvalue weighted by molar-refractivity contribution is 5.69. The maximum atomic E-state index is 12.4. The third-order valence-corrected chi connectivity index (χ3v) is 5.86. The Bertz CT molecular complexity index is 1260. The van der Waals surface area contributed by atoms with E-state index in [-0.39, 0.29) is 5.56 Å². The number of nitrogen functional groups attached to an aromatic ring is 1. The lowest BCUT2D eigenvalue weighted by Gasteiger charge is -2.27. The monoisotopic (exact) mass is 427 g/mol. The minimum absolute atomic E-state index is 0.257. The highest BCUT2D eigenvalue weighted by Gasteiger charge is 2.15. The molecule has 6 heteroatoms. The normalized spacial score (nSPS) is 15.0. The maximum Gasteiger partial charge on any atom is 0.273 e. The first-order valence-corrected chi connectivity index (χ1v) is 10.9. The Balaban J connectivity index is 1.55. The lowest BCUT2D eigenvalue weighted by molar-refractivity contribution is 0.328. The fourth-order valence-electron chi connectivity index (χ4n) is 4.21. The summed E-state index contributed by atoms with van der Waals surface area (Å²) in [5, 5.41) is 4.22. The van der Waals surface area contributed by atoms with Crippen LogP contribution in [0.1, 0.15) is 35.7 Å². The van der Waals surface area contributed by atoms with Crippen LogP contribution >= 0.6 is 0 Å². The van der Waals surface area contributed by atoms with Crippen molar-refractivity contribution in [3.05, 3.63) is 93.2 Å². The van der Waals surface area contributed by atoms with Crippen molar-refractivity contribution < 1.29 is 0 Å². The van der Waals surface area contributed by atoms with Crippen LogP contribution in [0.15, 0.2) is 65.2 Å². The minimum Gasteiger partial charge on any atom is -0.397 e. The fraction of sp³-hybridized carbons (Fsp3) is 0.269. The van der Waals surface area contributed by atoms with E-state index < -0.39 is 0 Å². The van der Waals surface area contributed by atoms with E-state index >= 15 is 0 Å². The van der Waals surface area contributed by atoms with E-state index in [1.807, 2.05) is 13.0 Å². The van der Waals surface area contributed by atoms with Gasteiger partial charge in [-0.3, -0.25) is 14.7 Å². The summed E-state index contributed by atoms with van der Waals surface area (Å²) in [5.41, 5.74) is 13.6. The Morgan fingerprint density at radius 2 is 2.03 bits per heavy atom. The minimum atomic E-state index is -0.257. The van der Waals surface area contributed by atoms with Crippen molar-refractivity contribution in [2.45, 2.75) is 27.2 Å². The molecule has 3 heterocycles. The molecule has 6 nitrogen and oxygen atoms in total. The Labute approximate surface area is 188 Å². The average Bonchev–Trinajstić information content (AvgIpc) is 2.76. The van der Waals surface area contributed by atoms with Crippen molar-refractivity contribution in [2.24, 2.45) is 0 Å². The van der Waals surface area contributed by atoms with E-state index in [9.17, 15) is 4.79 Å². The molecule has 4 rings (SSSR count). The molecule has 0 radical (unpaired) electrons. The summed E-state index contributed by atoms with van der Waals surface area (Å²) in [6, 6.07) is 11.8. The number of hydrogen-bond donors (Lipinski definition) is 1. The fourth-order valence-corrected chi connectivity index (χ4v) is 4.21. The number of pyridine rings is 1. The van der Waals surface area contributed by atoms with Gasteiger partial charge in [-0.05, 0) is 50.0 Å². The van der Waals surface area contributed by atoms with E-state index in [1.54, 1.807) is 6.20 Å². The van der Waals surface area contributed by atoms with Crippen LogP contribution in [-0.2, 0) is 0 Å². The molecule has 3 aromatic rings. The van der Waals surface area contributed by atoms with E-state index in [2.05, 4.69) is 65.2 Å². The summed E-state index contributed by atoms with van der Waals surface area (Å²) in [4.78, 5) is 19.3. The van der Waals surface area contributed by atoms with Crippen molar-refractivity contribution in [2.75, 3.05) is 25.4 Å². The number of nitrogens with two attached hydrogens (primary N) is 1. The molecule has 164 valence electrons. The summed E-state index contributed by atoms with van der Waals surface area (Å²) in [7, 11) is 0. The van der Waals surface area contributed by atoms with Gasteiger partial charge in [0.1, 0.15) is 0 Å². The molecule has 0 aliphatic carbocycles. The Morgan fingerprint density at radius 3 is 2.75 bits per heavy atom. The summed E-state index contributed by atoms with van der Waals surface area (Å²) >= 11 is 0. The zero-order valence-electron chi connectivity index (χ0n) is 18.9. The molecular weight excluding hydrogens is 398 g/mol. The second-order valence-electron chi connectivity index (χ2n) is 8.39. The van der Waals surface area contributed by atoms with Crippen LogP contribution in [0, 0.1) is 13.8 Å². The van der Waals surface area contributed by atoms with Crippen molar-refractivity contribution >= 4 is 17.3 Å². The van der Waals surface area contributed by atoms with Gasteiger partial charge in [-0.15, -0.1) is 0 Å². The quantitative estimate of drug-likeness (QED) is 0.666. The number of benzene rings is 1. The molecule has 0 atom stereocenters. The van der Waals surface area contributed by atoms with Crippen molar-refractivity contribution in [3.63, 3.8) is 0 Å². The van der Waals surface area contributed by atoms with E-state index in [4.69, 9.17) is 5.73 Å². The first-order chi connectivity index (χ1) is 15.4. The van der Waals surface area contributed by atoms with Crippen LogP contribution in [0.25, 0.3) is 17.3 Å². The molecule has 0 bridgehead atoms. The summed E-state index contributed by atoms with van der Waals surface area (Å²) in [5.74, 6) is 0. The molecule has 0 amide bonds. The molecule has 1 aliphatic heterocycles. The van der Waals surface area contributed by atoms with Gasteiger partial charge in [-0.1, -0.05) is 42.0 Å². The van der Waals surface area contributed by atoms with Crippen LogP contribution in [-0.4, -0.2) is 39.3 Å². The Hall–Kier alpha value is -3.51. The molecule has 1 aromatic carbocycles. The van der Waals surface area contributed by atoms with Crippen molar-refractivity contribution in [1.82, 2.24) is 19.7 Å². The summed E-state index contributed by atoms with van der Waals surface area (Å²) in [6.07, 6.45) is 8.69. The largest absolute Gasteiger partial charge is 0.397 e. The molecule has 0 spiro atoms. The molecular formula is C26H29N5O. The highest BCUT2D eigenvalue weighted by atomic mass is 16.1. The lowest BCUT2D eigenvalue weighted by atomic mass is 9.95. The van der Waals surface area contributed by atoms with Gasteiger partial charge in [0.15, 0.2) is 0 Å². The van der Waals surface area contributed by atoms with Crippen molar-refractivity contribution in [1.29, 1.82) is 0 Å². The predicted octanol–water partition coefficient (Wildman–Crippen LogP) is 4.02. The number of anilines is 1. The third kappa shape index (κ3) is 4.70. The van der Waals surface area contributed by atoms with Crippen LogP contribution in [0.2, 0.25) is 0 Å². The Morgan fingerprint density at radius 1 is 1.22 bits per heavy atom. The number of nitrogens with zero attached hydrogens (tertiary/aromatic N) is 4. The zero-order valence-corrected chi connectivity index (χ0v) is 18.9. The molecule has 0 fully saturated rings. The third-order valence-electron chi connectivity index (χ3n) is 5.86. The smallest absolute Gasteiger partial charge is 0.273 e. The molecule has 0 saturated heterocycles. The first kappa shape index (κ1) is 21.7. The average molecular weight is 428 g/mol. The van der Waals surface area contributed by atoms with Gasteiger partial charge in [0.05, 0.1) is 17.6 Å². The molecule has 0 saturated carbocycles. The van der Waals surface area contributed by atoms with Gasteiger partial charge < -0.3 is 5.73 Å². The predicted molar refractivity (Wildman–Crippen MR) is 131 cm³/mol. The van der Waals surface area contributed by atoms with E-state index in [0.29, 0.717) is 11.4 Å². The molecule has 32 heavy (non-hydrogen) atoms. The van der Waals surface area contributed by atoms with Crippen LogP contribution in [0.3, 0.4) is 0 Å². The maximum absolute atomic E-state index is 12.4. The topological polar surface area (TPSA) is 77.0 Å². The number of aromatic nitrogens is 3. The number of hydrogen-bond acceptors (Lipinski definition) is 5. The summed E-state index contributed by atoms with van der Waals surface area (Å²) < 4.78 is 1.38. The summed E-state index contributed by atoms with van der Waals surface area (Å²) in [6.45, 7) is 9.04. The van der Waals surface area contributed by atoms with E-state index in [1.165, 1.54) is 39.2 Å². The molecule has 2 N–H and O–H groups in total. The molecule has 1 aliphatic rings. The van der Waals surface area contributed by atoms with Crippen LogP contribution < -0.4 is 11.3 Å². The van der Waals surface area contributed by atoms with Gasteiger partial charge in [0, 0.05) is 43.2 Å². The second kappa shape index (κ2) is 9.32. The molecule has 2 aromatic heterocycles. The number of rotatable bonds is 5. The van der Waals surface area contributed by atoms with Crippen LogP contribution in [0.5, 0.6) is 0 Å². The SMILES string of the molecule is C/C(=C\c1c(-n2ncc(N)cc2=O)ccnc1C)CN1CC=C(c2ccccc2C)CC1. The van der Waals surface area contributed by atoms with Gasteiger partial charge in [-0.25, -0.2) is 0 Å². The van der Waals surface area contributed by atoms with Gasteiger partial charge in [-0.2, -0.15) is 9.78 Å². The zero-order chi connectivity index (χ0) is 22.7. The van der Waals surface area contributed by atoms with Crippen LogP contribution in [0.4, 0.5) is 5.69 Å². The Kier molecular flexibility index (Phi) is 6.32. The first-order valence-electron chi connectivity index (χ1n) is 10.9.